The molecule has 0 aliphatic carbocycles. The summed E-state index contributed by atoms with van der Waals surface area (Å²) < 4.78 is 4.61. The monoisotopic (exact) mass is 265 g/mol. The number of benzene rings is 1. The van der Waals surface area contributed by atoms with Gasteiger partial charge in [0.15, 0.2) is 5.78 Å². The van der Waals surface area contributed by atoms with Crippen molar-refractivity contribution in [1.29, 1.82) is 0 Å². The van der Waals surface area contributed by atoms with E-state index in [1.54, 1.807) is 36.1 Å². The third kappa shape index (κ3) is 2.11. The van der Waals surface area contributed by atoms with E-state index in [2.05, 4.69) is 4.74 Å². The van der Waals surface area contributed by atoms with Gasteiger partial charge in [0, 0.05) is 16.4 Å². The van der Waals surface area contributed by atoms with Crippen molar-refractivity contribution in [2.75, 3.05) is 18.6 Å². The second kappa shape index (κ2) is 4.82. The molecule has 0 atom stereocenters. The third-order valence-corrected chi connectivity index (χ3v) is 3.13. The van der Waals surface area contributed by atoms with E-state index < -0.39 is 5.97 Å². The van der Waals surface area contributed by atoms with Crippen LogP contribution in [0.1, 0.15) is 6.92 Å². The molecule has 0 amide bonds. The number of ether oxygens (including phenoxy) is 1. The van der Waals surface area contributed by atoms with Crippen LogP contribution in [-0.2, 0) is 14.3 Å². The van der Waals surface area contributed by atoms with E-state index in [1.807, 2.05) is 0 Å². The van der Waals surface area contributed by atoms with Gasteiger partial charge in [0.05, 0.1) is 13.7 Å². The van der Waals surface area contributed by atoms with E-state index in [0.29, 0.717) is 10.7 Å². The Morgan fingerprint density at radius 2 is 1.94 bits per heavy atom. The molecular weight excluding hydrogens is 254 g/mol. The van der Waals surface area contributed by atoms with Gasteiger partial charge in [-0.2, -0.15) is 0 Å². The number of ketones is 1. The number of esters is 1. The SMILES string of the molecule is COC(=O)C1=C(C)N(c2ccc(Cl)cc2)CC1=O. The summed E-state index contributed by atoms with van der Waals surface area (Å²) in [5.74, 6) is -0.816. The Morgan fingerprint density at radius 3 is 2.50 bits per heavy atom. The highest BCUT2D eigenvalue weighted by Gasteiger charge is 2.33. The van der Waals surface area contributed by atoms with Crippen molar-refractivity contribution in [3.63, 3.8) is 0 Å². The van der Waals surface area contributed by atoms with Crippen LogP contribution in [0.5, 0.6) is 0 Å². The molecule has 0 saturated carbocycles. The molecule has 1 heterocycles. The number of hydrogen-bond donors (Lipinski definition) is 0. The molecule has 0 unspecified atom stereocenters. The first-order chi connectivity index (χ1) is 8.54. The summed E-state index contributed by atoms with van der Waals surface area (Å²) in [5, 5.41) is 0.624. The van der Waals surface area contributed by atoms with Gasteiger partial charge in [0.1, 0.15) is 5.57 Å². The summed E-state index contributed by atoms with van der Waals surface area (Å²) in [5.41, 5.74) is 1.55. The summed E-state index contributed by atoms with van der Waals surface area (Å²) in [7, 11) is 1.26. The van der Waals surface area contributed by atoms with Crippen molar-refractivity contribution >= 4 is 29.0 Å². The predicted molar refractivity (Wildman–Crippen MR) is 68.5 cm³/mol. The van der Waals surface area contributed by atoms with Gasteiger partial charge < -0.3 is 9.64 Å². The van der Waals surface area contributed by atoms with E-state index in [9.17, 15) is 9.59 Å². The van der Waals surface area contributed by atoms with Gasteiger partial charge in [-0.05, 0) is 31.2 Å². The Bertz CT molecular complexity index is 534. The van der Waals surface area contributed by atoms with Crippen LogP contribution in [-0.4, -0.2) is 25.4 Å². The molecule has 94 valence electrons. The van der Waals surface area contributed by atoms with Crippen LogP contribution in [0.2, 0.25) is 5.02 Å². The second-order valence-corrected chi connectivity index (χ2v) is 4.37. The second-order valence-electron chi connectivity index (χ2n) is 3.94. The van der Waals surface area contributed by atoms with E-state index in [-0.39, 0.29) is 17.9 Å². The molecule has 0 aromatic heterocycles. The maximum atomic E-state index is 11.8. The summed E-state index contributed by atoms with van der Waals surface area (Å²) >= 11 is 5.81. The molecule has 1 aromatic carbocycles. The fraction of sp³-hybridized carbons (Fsp3) is 0.231. The molecule has 18 heavy (non-hydrogen) atoms. The quantitative estimate of drug-likeness (QED) is 0.607. The van der Waals surface area contributed by atoms with Gasteiger partial charge in [0.2, 0.25) is 0 Å². The summed E-state index contributed by atoms with van der Waals surface area (Å²) in [6, 6.07) is 7.09. The van der Waals surface area contributed by atoms with Gasteiger partial charge in [0.25, 0.3) is 0 Å². The van der Waals surface area contributed by atoms with Gasteiger partial charge in [-0.1, -0.05) is 11.6 Å². The molecule has 0 bridgehead atoms. The van der Waals surface area contributed by atoms with Gasteiger partial charge >= 0.3 is 5.97 Å². The Hall–Kier alpha value is -1.81. The predicted octanol–water partition coefficient (Wildman–Crippen LogP) is 2.18. The minimum Gasteiger partial charge on any atom is -0.465 e. The molecule has 1 aliphatic heterocycles. The topological polar surface area (TPSA) is 46.6 Å². The minimum atomic E-state index is -0.589. The van der Waals surface area contributed by atoms with Crippen molar-refractivity contribution in [1.82, 2.24) is 0 Å². The fourth-order valence-electron chi connectivity index (χ4n) is 1.95. The third-order valence-electron chi connectivity index (χ3n) is 2.88. The summed E-state index contributed by atoms with van der Waals surface area (Å²) in [4.78, 5) is 25.1. The largest absolute Gasteiger partial charge is 0.465 e. The number of Topliss-reactive ketones (excluding diaryl/α,β-unsaturated/α-hetero) is 1. The number of rotatable bonds is 2. The average molecular weight is 266 g/mol. The molecule has 4 nitrogen and oxygen atoms in total. The van der Waals surface area contributed by atoms with Crippen molar-refractivity contribution in [3.8, 4) is 0 Å². The van der Waals surface area contributed by atoms with Gasteiger partial charge in [-0.15, -0.1) is 0 Å². The number of halogens is 1. The van der Waals surface area contributed by atoms with Crippen LogP contribution >= 0.6 is 11.6 Å². The highest BCUT2D eigenvalue weighted by molar-refractivity contribution is 6.30. The molecule has 0 radical (unpaired) electrons. The van der Waals surface area contributed by atoms with Crippen LogP contribution in [0, 0.1) is 0 Å². The van der Waals surface area contributed by atoms with E-state index in [0.717, 1.165) is 5.69 Å². The number of hydrogen-bond acceptors (Lipinski definition) is 4. The maximum absolute atomic E-state index is 11.8. The lowest BCUT2D eigenvalue weighted by atomic mass is 10.2. The lowest BCUT2D eigenvalue weighted by Crippen LogP contribution is -2.20. The van der Waals surface area contributed by atoms with Crippen molar-refractivity contribution in [2.24, 2.45) is 0 Å². The molecular formula is C13H12ClNO3. The zero-order chi connectivity index (χ0) is 13.3. The van der Waals surface area contributed by atoms with Gasteiger partial charge in [-0.25, -0.2) is 4.79 Å². The van der Waals surface area contributed by atoms with Gasteiger partial charge in [-0.3, -0.25) is 4.79 Å². The average Bonchev–Trinajstić information content (AvgIpc) is 2.65. The smallest absolute Gasteiger partial charge is 0.343 e. The van der Waals surface area contributed by atoms with Crippen molar-refractivity contribution in [2.45, 2.75) is 6.92 Å². The minimum absolute atomic E-state index is 0.118. The Morgan fingerprint density at radius 1 is 1.33 bits per heavy atom. The Kier molecular flexibility index (Phi) is 3.39. The number of allylic oxidation sites excluding steroid dienone is 1. The van der Waals surface area contributed by atoms with Crippen molar-refractivity contribution < 1.29 is 14.3 Å². The molecule has 0 fully saturated rings. The van der Waals surface area contributed by atoms with E-state index in [1.165, 1.54) is 7.11 Å². The van der Waals surface area contributed by atoms with Crippen LogP contribution < -0.4 is 4.90 Å². The molecule has 0 N–H and O–H groups in total. The Labute approximate surface area is 110 Å². The summed E-state index contributed by atoms with van der Waals surface area (Å²) in [6.45, 7) is 1.88. The van der Waals surface area contributed by atoms with Crippen LogP contribution in [0.3, 0.4) is 0 Å². The fourth-order valence-corrected chi connectivity index (χ4v) is 2.07. The zero-order valence-corrected chi connectivity index (χ0v) is 10.8. The Balaban J connectivity index is 2.38. The first kappa shape index (κ1) is 12.6. The first-order valence-electron chi connectivity index (χ1n) is 5.40. The highest BCUT2D eigenvalue weighted by Crippen LogP contribution is 2.28. The number of carbonyl (C=O) groups excluding carboxylic acids is 2. The van der Waals surface area contributed by atoms with Crippen molar-refractivity contribution in [3.05, 3.63) is 40.6 Å². The zero-order valence-electron chi connectivity index (χ0n) is 10.1. The van der Waals surface area contributed by atoms with Crippen LogP contribution in [0.4, 0.5) is 5.69 Å². The molecule has 1 aliphatic rings. The highest BCUT2D eigenvalue weighted by atomic mass is 35.5. The molecule has 5 heteroatoms. The standard InChI is InChI=1S/C13H12ClNO3/c1-8-12(13(17)18-2)11(16)7-15(8)10-5-3-9(14)4-6-10/h3-6H,7H2,1-2H3. The van der Waals surface area contributed by atoms with Crippen LogP contribution in [0.25, 0.3) is 0 Å². The number of carbonyl (C=O) groups is 2. The first-order valence-corrected chi connectivity index (χ1v) is 5.78. The molecule has 2 rings (SSSR count). The molecule has 0 saturated heterocycles. The number of nitrogens with zero attached hydrogens (tertiary/aromatic N) is 1. The van der Waals surface area contributed by atoms with Crippen LogP contribution in [0.15, 0.2) is 35.5 Å². The summed E-state index contributed by atoms with van der Waals surface area (Å²) in [6.07, 6.45) is 0. The lowest BCUT2D eigenvalue weighted by molar-refractivity contribution is -0.137. The maximum Gasteiger partial charge on any atom is 0.343 e. The number of anilines is 1. The van der Waals surface area contributed by atoms with E-state index >= 15 is 0 Å². The lowest BCUT2D eigenvalue weighted by Gasteiger charge is -2.19. The number of methoxy groups -OCH3 is 1. The molecule has 1 aromatic rings. The normalized spacial score (nSPS) is 15.3. The molecule has 0 spiro atoms. The van der Waals surface area contributed by atoms with E-state index in [4.69, 9.17) is 11.6 Å².